The Hall–Kier alpha value is -0.300. The Morgan fingerprint density at radius 2 is 2.25 bits per heavy atom. The average Bonchev–Trinajstić information content (AvgIpc) is 2.30. The molecular formula is C10H22N2O3S. The molecule has 1 atom stereocenters. The Labute approximate surface area is 101 Å². The third-order valence-electron chi connectivity index (χ3n) is 2.20. The van der Waals surface area contributed by atoms with Gasteiger partial charge in [-0.15, -0.1) is 0 Å². The summed E-state index contributed by atoms with van der Waals surface area (Å²) in [7, 11) is 1.58. The van der Waals surface area contributed by atoms with E-state index in [1.807, 2.05) is 6.26 Å². The average molecular weight is 250 g/mol. The van der Waals surface area contributed by atoms with E-state index in [4.69, 9.17) is 15.6 Å². The molecule has 0 aromatic carbocycles. The molecule has 0 aromatic rings. The number of hydrogen-bond acceptors (Lipinski definition) is 5. The van der Waals surface area contributed by atoms with E-state index in [-0.39, 0.29) is 12.5 Å². The maximum Gasteiger partial charge on any atom is 0.239 e. The van der Waals surface area contributed by atoms with Gasteiger partial charge in [-0.2, -0.15) is 11.8 Å². The summed E-state index contributed by atoms with van der Waals surface area (Å²) in [6, 6.07) is -0.476. The molecule has 0 rings (SSSR count). The van der Waals surface area contributed by atoms with Crippen LogP contribution in [0.4, 0.5) is 0 Å². The molecule has 0 saturated heterocycles. The zero-order valence-electron chi connectivity index (χ0n) is 10.0. The van der Waals surface area contributed by atoms with E-state index in [1.54, 1.807) is 23.8 Å². The summed E-state index contributed by atoms with van der Waals surface area (Å²) in [4.78, 5) is 13.4. The van der Waals surface area contributed by atoms with Gasteiger partial charge in [-0.1, -0.05) is 0 Å². The van der Waals surface area contributed by atoms with Gasteiger partial charge in [0.25, 0.3) is 0 Å². The molecule has 0 unspecified atom stereocenters. The van der Waals surface area contributed by atoms with Crippen LogP contribution in [-0.2, 0) is 9.53 Å². The van der Waals surface area contributed by atoms with E-state index in [1.165, 1.54) is 0 Å². The lowest BCUT2D eigenvalue weighted by molar-refractivity contribution is -0.133. The molecule has 0 radical (unpaired) electrons. The lowest BCUT2D eigenvalue weighted by atomic mass is 10.2. The highest BCUT2D eigenvalue weighted by atomic mass is 32.2. The standard InChI is InChI=1S/C10H22N2O3S/c1-15-7-5-12(4-6-13)10(14)9(11)3-8-16-2/h9,13H,3-8,11H2,1-2H3/t9-/m1/s1. The molecule has 0 fully saturated rings. The maximum absolute atomic E-state index is 11.9. The largest absolute Gasteiger partial charge is 0.395 e. The van der Waals surface area contributed by atoms with Gasteiger partial charge in [-0.05, 0) is 18.4 Å². The second-order valence-corrected chi connectivity index (χ2v) is 4.42. The normalized spacial score (nSPS) is 12.5. The van der Waals surface area contributed by atoms with E-state index >= 15 is 0 Å². The molecule has 0 saturated carbocycles. The van der Waals surface area contributed by atoms with Crippen LogP contribution in [0.25, 0.3) is 0 Å². The molecular weight excluding hydrogens is 228 g/mol. The number of carbonyl (C=O) groups is 1. The number of hydrogen-bond donors (Lipinski definition) is 2. The van der Waals surface area contributed by atoms with Gasteiger partial charge < -0.3 is 20.5 Å². The molecule has 0 aliphatic carbocycles. The number of thioether (sulfide) groups is 1. The van der Waals surface area contributed by atoms with Crippen LogP contribution in [0.5, 0.6) is 0 Å². The van der Waals surface area contributed by atoms with E-state index in [0.29, 0.717) is 26.1 Å². The van der Waals surface area contributed by atoms with Gasteiger partial charge in [-0.25, -0.2) is 0 Å². The lowest BCUT2D eigenvalue weighted by Gasteiger charge is -2.24. The monoisotopic (exact) mass is 250 g/mol. The van der Waals surface area contributed by atoms with Crippen molar-refractivity contribution in [3.63, 3.8) is 0 Å². The van der Waals surface area contributed by atoms with Crippen molar-refractivity contribution in [2.75, 3.05) is 45.4 Å². The Morgan fingerprint density at radius 1 is 1.56 bits per heavy atom. The minimum atomic E-state index is -0.476. The first kappa shape index (κ1) is 15.7. The van der Waals surface area contributed by atoms with Crippen LogP contribution >= 0.6 is 11.8 Å². The molecule has 0 bridgehead atoms. The zero-order valence-corrected chi connectivity index (χ0v) is 10.8. The minimum Gasteiger partial charge on any atom is -0.395 e. The van der Waals surface area contributed by atoms with E-state index in [0.717, 1.165) is 5.75 Å². The topological polar surface area (TPSA) is 75.8 Å². The summed E-state index contributed by atoms with van der Waals surface area (Å²) in [5.74, 6) is 0.754. The van der Waals surface area contributed by atoms with Crippen molar-refractivity contribution < 1.29 is 14.6 Å². The number of aliphatic hydroxyl groups excluding tert-OH is 1. The van der Waals surface area contributed by atoms with Gasteiger partial charge in [0.05, 0.1) is 19.3 Å². The molecule has 0 aliphatic rings. The highest BCUT2D eigenvalue weighted by Gasteiger charge is 2.19. The number of nitrogens with two attached hydrogens (primary N) is 1. The summed E-state index contributed by atoms with van der Waals surface area (Å²) >= 11 is 1.67. The predicted molar refractivity (Wildman–Crippen MR) is 66.5 cm³/mol. The molecule has 0 heterocycles. The van der Waals surface area contributed by atoms with Crippen LogP contribution in [0.2, 0.25) is 0 Å². The van der Waals surface area contributed by atoms with Crippen molar-refractivity contribution in [1.29, 1.82) is 0 Å². The molecule has 0 aliphatic heterocycles. The number of aliphatic hydroxyl groups is 1. The van der Waals surface area contributed by atoms with E-state index in [2.05, 4.69) is 0 Å². The fraction of sp³-hybridized carbons (Fsp3) is 0.900. The summed E-state index contributed by atoms with van der Waals surface area (Å²) in [6.07, 6.45) is 2.64. The third kappa shape index (κ3) is 6.32. The first-order valence-corrected chi connectivity index (χ1v) is 6.69. The van der Waals surface area contributed by atoms with Gasteiger partial charge >= 0.3 is 0 Å². The van der Waals surface area contributed by atoms with Crippen LogP contribution in [-0.4, -0.2) is 67.4 Å². The SMILES string of the molecule is COCCN(CCO)C(=O)[C@H](N)CCSC. The Bertz CT molecular complexity index is 193. The number of methoxy groups -OCH3 is 1. The molecule has 5 nitrogen and oxygen atoms in total. The van der Waals surface area contributed by atoms with Crippen molar-refractivity contribution >= 4 is 17.7 Å². The quantitative estimate of drug-likeness (QED) is 0.579. The smallest absolute Gasteiger partial charge is 0.239 e. The molecule has 16 heavy (non-hydrogen) atoms. The van der Waals surface area contributed by atoms with Crippen LogP contribution < -0.4 is 5.73 Å². The van der Waals surface area contributed by atoms with Crippen LogP contribution in [0.15, 0.2) is 0 Å². The summed E-state index contributed by atoms with van der Waals surface area (Å²) in [5.41, 5.74) is 5.78. The maximum atomic E-state index is 11.9. The Kier molecular flexibility index (Phi) is 9.71. The third-order valence-corrected chi connectivity index (χ3v) is 2.84. The Morgan fingerprint density at radius 3 is 2.75 bits per heavy atom. The fourth-order valence-electron chi connectivity index (χ4n) is 1.26. The van der Waals surface area contributed by atoms with Gasteiger partial charge in [0, 0.05) is 20.2 Å². The predicted octanol–water partition coefficient (Wildman–Crippen LogP) is -0.466. The molecule has 3 N–H and O–H groups in total. The molecule has 0 spiro atoms. The number of carbonyl (C=O) groups excluding carboxylic acids is 1. The van der Waals surface area contributed by atoms with Gasteiger partial charge in [0.15, 0.2) is 0 Å². The molecule has 6 heteroatoms. The van der Waals surface area contributed by atoms with Crippen molar-refractivity contribution in [3.05, 3.63) is 0 Å². The van der Waals surface area contributed by atoms with Crippen molar-refractivity contribution in [2.45, 2.75) is 12.5 Å². The lowest BCUT2D eigenvalue weighted by Crippen LogP contribution is -2.46. The van der Waals surface area contributed by atoms with Crippen molar-refractivity contribution in [1.82, 2.24) is 4.90 Å². The summed E-state index contributed by atoms with van der Waals surface area (Å²) in [5, 5.41) is 8.86. The summed E-state index contributed by atoms with van der Waals surface area (Å²) < 4.78 is 4.91. The first-order valence-electron chi connectivity index (χ1n) is 5.30. The van der Waals surface area contributed by atoms with E-state index < -0.39 is 6.04 Å². The fourth-order valence-corrected chi connectivity index (χ4v) is 1.75. The van der Waals surface area contributed by atoms with Crippen LogP contribution in [0.3, 0.4) is 0 Å². The van der Waals surface area contributed by atoms with Crippen LogP contribution in [0.1, 0.15) is 6.42 Å². The van der Waals surface area contributed by atoms with E-state index in [9.17, 15) is 4.79 Å². The first-order chi connectivity index (χ1) is 7.67. The number of ether oxygens (including phenoxy) is 1. The minimum absolute atomic E-state index is 0.0509. The summed E-state index contributed by atoms with van der Waals surface area (Å²) in [6.45, 7) is 1.20. The zero-order chi connectivity index (χ0) is 12.4. The highest BCUT2D eigenvalue weighted by Crippen LogP contribution is 2.02. The Balaban J connectivity index is 4.12. The number of amides is 1. The van der Waals surface area contributed by atoms with Crippen molar-refractivity contribution in [2.24, 2.45) is 5.73 Å². The second-order valence-electron chi connectivity index (χ2n) is 3.43. The molecule has 96 valence electrons. The number of nitrogens with zero attached hydrogens (tertiary/aromatic N) is 1. The van der Waals surface area contributed by atoms with Crippen molar-refractivity contribution in [3.8, 4) is 0 Å². The second kappa shape index (κ2) is 9.89. The van der Waals surface area contributed by atoms with Crippen LogP contribution in [0, 0.1) is 0 Å². The van der Waals surface area contributed by atoms with Gasteiger partial charge in [0.2, 0.25) is 5.91 Å². The van der Waals surface area contributed by atoms with Gasteiger partial charge in [-0.3, -0.25) is 4.79 Å². The highest BCUT2D eigenvalue weighted by molar-refractivity contribution is 7.98. The molecule has 0 aromatic heterocycles. The molecule has 1 amide bonds. The van der Waals surface area contributed by atoms with Gasteiger partial charge in [0.1, 0.15) is 0 Å². The number of rotatable bonds is 9.